The van der Waals surface area contributed by atoms with Crippen LogP contribution in [0, 0.1) is 0 Å². The molecule has 2 rings (SSSR count). The number of hydrogen-bond donors (Lipinski definition) is 2. The Morgan fingerprint density at radius 2 is 1.04 bits per heavy atom. The average Bonchev–Trinajstić information content (AvgIpc) is 2.69. The smallest absolute Gasteiger partial charge is 0.0949 e. The minimum Gasteiger partial charge on any atom is -0.387 e. The summed E-state index contributed by atoms with van der Waals surface area (Å²) < 4.78 is 0. The van der Waals surface area contributed by atoms with Gasteiger partial charge in [-0.25, -0.2) is 0 Å². The molecule has 4 nitrogen and oxygen atoms in total. The van der Waals surface area contributed by atoms with Crippen molar-refractivity contribution in [3.63, 3.8) is 0 Å². The van der Waals surface area contributed by atoms with Gasteiger partial charge in [0.2, 0.25) is 0 Å². The average molecular weight is 423 g/mol. The van der Waals surface area contributed by atoms with Gasteiger partial charge >= 0.3 is 0 Å². The number of rotatable bonds is 11. The highest BCUT2D eigenvalue weighted by Crippen LogP contribution is 2.22. The molecule has 2 aromatic carbocycles. The zero-order valence-corrected chi connectivity index (χ0v) is 17.7. The molecule has 0 saturated carbocycles. The van der Waals surface area contributed by atoms with Crippen molar-refractivity contribution in [3.05, 3.63) is 71.8 Å². The van der Waals surface area contributed by atoms with Gasteiger partial charge in [0.1, 0.15) is 0 Å². The molecular formula is C20H27ClN4S2. The first-order chi connectivity index (χ1) is 12.7. The van der Waals surface area contributed by atoms with E-state index in [9.17, 15) is 0 Å². The van der Waals surface area contributed by atoms with E-state index in [1.54, 1.807) is 21.6 Å². The number of amidine groups is 2. The Hall–Kier alpha value is -1.63. The van der Waals surface area contributed by atoms with Crippen LogP contribution < -0.4 is 11.5 Å². The van der Waals surface area contributed by atoms with E-state index in [4.69, 9.17) is 11.5 Å². The van der Waals surface area contributed by atoms with Crippen molar-refractivity contribution in [3.8, 4) is 0 Å². The molecule has 0 atom stereocenters. The molecule has 0 unspecified atom stereocenters. The Morgan fingerprint density at radius 1 is 0.667 bits per heavy atom. The molecule has 0 spiro atoms. The van der Waals surface area contributed by atoms with Crippen LogP contribution in [0.25, 0.3) is 0 Å². The van der Waals surface area contributed by atoms with Crippen molar-refractivity contribution in [1.29, 1.82) is 0 Å². The lowest BCUT2D eigenvalue weighted by atomic mass is 10.2. The molecule has 0 radical (unpaired) electrons. The minimum absolute atomic E-state index is 0. The van der Waals surface area contributed by atoms with Crippen LogP contribution in [0.1, 0.15) is 24.0 Å². The topological polar surface area (TPSA) is 76.8 Å². The lowest BCUT2D eigenvalue weighted by Crippen LogP contribution is -2.13. The highest BCUT2D eigenvalue weighted by Gasteiger charge is 1.98. The molecule has 0 aliphatic rings. The Labute approximate surface area is 176 Å². The van der Waals surface area contributed by atoms with Gasteiger partial charge in [0.15, 0.2) is 0 Å². The van der Waals surface area contributed by atoms with E-state index in [1.165, 1.54) is 11.1 Å². The summed E-state index contributed by atoms with van der Waals surface area (Å²) in [6, 6.07) is 20.3. The van der Waals surface area contributed by atoms with Gasteiger partial charge in [-0.15, -0.1) is 12.4 Å². The van der Waals surface area contributed by atoms with Gasteiger partial charge in [-0.05, 0) is 11.1 Å². The van der Waals surface area contributed by atoms with Crippen LogP contribution in [0.5, 0.6) is 0 Å². The van der Waals surface area contributed by atoms with Crippen LogP contribution in [0.3, 0.4) is 0 Å². The largest absolute Gasteiger partial charge is 0.387 e. The van der Waals surface area contributed by atoms with Gasteiger partial charge in [0.05, 0.1) is 24.8 Å². The van der Waals surface area contributed by atoms with Gasteiger partial charge in [-0.2, -0.15) is 0 Å². The van der Waals surface area contributed by atoms with E-state index in [1.807, 2.05) is 36.4 Å². The molecule has 27 heavy (non-hydrogen) atoms. The van der Waals surface area contributed by atoms with E-state index >= 15 is 0 Å². The molecule has 4 N–H and O–H groups in total. The summed E-state index contributed by atoms with van der Waals surface area (Å²) in [6.45, 7) is 1.30. The third-order valence-electron chi connectivity index (χ3n) is 3.58. The summed E-state index contributed by atoms with van der Waals surface area (Å²) in [5.41, 5.74) is 14.3. The lowest BCUT2D eigenvalue weighted by Gasteiger charge is -2.03. The van der Waals surface area contributed by atoms with Gasteiger partial charge in [-0.1, -0.05) is 82.3 Å². The molecule has 0 aromatic heterocycles. The summed E-state index contributed by atoms with van der Waals surface area (Å²) in [5, 5.41) is 0. The van der Waals surface area contributed by atoms with Gasteiger partial charge in [-0.3, -0.25) is 9.98 Å². The zero-order chi connectivity index (χ0) is 18.5. The van der Waals surface area contributed by atoms with E-state index in [0.29, 0.717) is 24.8 Å². The van der Waals surface area contributed by atoms with Crippen molar-refractivity contribution in [1.82, 2.24) is 0 Å². The summed E-state index contributed by atoms with van der Waals surface area (Å²) >= 11 is 0. The lowest BCUT2D eigenvalue weighted by molar-refractivity contribution is 1.04. The molecule has 146 valence electrons. The Balaban J connectivity index is 0.00000364. The summed E-state index contributed by atoms with van der Waals surface area (Å²) in [7, 11) is 3.61. The summed E-state index contributed by atoms with van der Waals surface area (Å²) in [4.78, 5) is 8.85. The second-order valence-electron chi connectivity index (χ2n) is 5.73. The molecule has 0 fully saturated rings. The van der Waals surface area contributed by atoms with Crippen LogP contribution in [-0.2, 0) is 13.1 Å². The van der Waals surface area contributed by atoms with Crippen molar-refractivity contribution in [2.75, 3.05) is 11.5 Å². The SMILES string of the molecule is Cl.NC(CCSSCCC(N)=NCc1ccccc1)=NCc1ccccc1. The van der Waals surface area contributed by atoms with E-state index < -0.39 is 0 Å². The molecule has 0 amide bonds. The second kappa shape index (κ2) is 14.4. The highest BCUT2D eigenvalue weighted by atomic mass is 35.5. The Morgan fingerprint density at radius 3 is 1.41 bits per heavy atom. The molecular weight excluding hydrogens is 396 g/mol. The molecule has 0 bridgehead atoms. The van der Waals surface area contributed by atoms with Crippen molar-refractivity contribution in [2.24, 2.45) is 21.5 Å². The fourth-order valence-corrected chi connectivity index (χ4v) is 4.15. The second-order valence-corrected chi connectivity index (χ2v) is 8.43. The van der Waals surface area contributed by atoms with Crippen molar-refractivity contribution in [2.45, 2.75) is 25.9 Å². The fraction of sp³-hybridized carbons (Fsp3) is 0.300. The zero-order valence-electron chi connectivity index (χ0n) is 15.3. The number of nitrogens with two attached hydrogens (primary N) is 2. The fourth-order valence-electron chi connectivity index (χ4n) is 2.12. The molecule has 0 saturated heterocycles. The van der Waals surface area contributed by atoms with Gasteiger partial charge in [0.25, 0.3) is 0 Å². The highest BCUT2D eigenvalue weighted by molar-refractivity contribution is 8.76. The number of halogens is 1. The third kappa shape index (κ3) is 11.0. The van der Waals surface area contributed by atoms with Crippen LogP contribution in [0.4, 0.5) is 0 Å². The monoisotopic (exact) mass is 422 g/mol. The maximum Gasteiger partial charge on any atom is 0.0949 e. The van der Waals surface area contributed by atoms with Crippen LogP contribution >= 0.6 is 34.0 Å². The van der Waals surface area contributed by atoms with E-state index in [2.05, 4.69) is 34.3 Å². The van der Waals surface area contributed by atoms with Gasteiger partial charge in [0, 0.05) is 24.3 Å². The quantitative estimate of drug-likeness (QED) is 0.238. The van der Waals surface area contributed by atoms with E-state index in [0.717, 1.165) is 24.3 Å². The molecule has 2 aromatic rings. The van der Waals surface area contributed by atoms with Crippen LogP contribution in [-0.4, -0.2) is 23.2 Å². The summed E-state index contributed by atoms with van der Waals surface area (Å²) in [5.74, 6) is 3.34. The molecule has 0 aliphatic carbocycles. The number of nitrogens with zero attached hydrogens (tertiary/aromatic N) is 2. The number of hydrogen-bond acceptors (Lipinski definition) is 4. The number of benzene rings is 2. The molecule has 0 heterocycles. The Bertz CT molecular complexity index is 632. The first-order valence-electron chi connectivity index (χ1n) is 8.64. The summed E-state index contributed by atoms with van der Waals surface area (Å²) in [6.07, 6.45) is 1.62. The third-order valence-corrected chi connectivity index (χ3v) is 5.99. The maximum atomic E-state index is 5.97. The standard InChI is InChI=1S/C20H26N4S2.ClH/c21-19(23-15-17-7-3-1-4-8-17)11-13-25-26-14-12-20(22)24-16-18-9-5-2-6-10-18;/h1-10H,11-16H2,(H2,21,23)(H2,22,24);1H. The molecule has 0 aliphatic heterocycles. The minimum atomic E-state index is 0. The molecule has 7 heteroatoms. The maximum absolute atomic E-state index is 5.97. The van der Waals surface area contributed by atoms with Crippen LogP contribution in [0.2, 0.25) is 0 Å². The Kier molecular flexibility index (Phi) is 12.5. The van der Waals surface area contributed by atoms with Crippen molar-refractivity contribution >= 4 is 45.7 Å². The van der Waals surface area contributed by atoms with Gasteiger partial charge < -0.3 is 11.5 Å². The first-order valence-corrected chi connectivity index (χ1v) is 11.1. The predicted octanol–water partition coefficient (Wildman–Crippen LogP) is 4.68. The van der Waals surface area contributed by atoms with Crippen LogP contribution in [0.15, 0.2) is 70.6 Å². The van der Waals surface area contributed by atoms with E-state index in [-0.39, 0.29) is 12.4 Å². The first kappa shape index (κ1) is 23.4. The number of aliphatic imine (C=N–C) groups is 2. The van der Waals surface area contributed by atoms with Crippen molar-refractivity contribution < 1.29 is 0 Å². The predicted molar refractivity (Wildman–Crippen MR) is 125 cm³/mol. The normalized spacial score (nSPS) is 11.9.